The molecule has 0 fully saturated rings. The highest BCUT2D eigenvalue weighted by Crippen LogP contribution is 2.17. The summed E-state index contributed by atoms with van der Waals surface area (Å²) in [5.74, 6) is -0.435. The van der Waals surface area contributed by atoms with E-state index in [2.05, 4.69) is 10.3 Å². The minimum atomic E-state index is -0.435. The SMILES string of the molecule is Cc1ccc(NC(=O)/C(C#N)=C\c2cn(C)cn2)c(C)c1. The molecule has 5 heteroatoms. The largest absolute Gasteiger partial charge is 0.340 e. The van der Waals surface area contributed by atoms with Gasteiger partial charge in [0.15, 0.2) is 0 Å². The van der Waals surface area contributed by atoms with Crippen LogP contribution in [0.4, 0.5) is 5.69 Å². The summed E-state index contributed by atoms with van der Waals surface area (Å²) in [6, 6.07) is 7.63. The smallest absolute Gasteiger partial charge is 0.266 e. The van der Waals surface area contributed by atoms with E-state index >= 15 is 0 Å². The molecule has 1 heterocycles. The van der Waals surface area contributed by atoms with Gasteiger partial charge >= 0.3 is 0 Å². The Hall–Kier alpha value is -2.87. The van der Waals surface area contributed by atoms with Crippen LogP contribution in [0.2, 0.25) is 0 Å². The molecule has 1 aromatic carbocycles. The highest BCUT2D eigenvalue weighted by molar-refractivity contribution is 6.09. The van der Waals surface area contributed by atoms with E-state index in [9.17, 15) is 4.79 Å². The average Bonchev–Trinajstić information content (AvgIpc) is 2.84. The Morgan fingerprint density at radius 2 is 2.19 bits per heavy atom. The van der Waals surface area contributed by atoms with E-state index in [1.807, 2.05) is 45.2 Å². The number of imidazole rings is 1. The molecule has 0 aliphatic heterocycles. The van der Waals surface area contributed by atoms with E-state index in [-0.39, 0.29) is 5.57 Å². The van der Waals surface area contributed by atoms with Crippen LogP contribution in [-0.2, 0) is 11.8 Å². The second-order valence-corrected chi connectivity index (χ2v) is 4.91. The number of nitrogens with zero attached hydrogens (tertiary/aromatic N) is 3. The zero-order valence-electron chi connectivity index (χ0n) is 12.2. The molecule has 0 spiro atoms. The first-order chi connectivity index (χ1) is 9.99. The molecule has 2 aromatic rings. The van der Waals surface area contributed by atoms with E-state index in [4.69, 9.17) is 5.26 Å². The van der Waals surface area contributed by atoms with Crippen LogP contribution in [0.5, 0.6) is 0 Å². The molecule has 0 saturated carbocycles. The Morgan fingerprint density at radius 1 is 1.43 bits per heavy atom. The molecular formula is C16H16N4O. The van der Waals surface area contributed by atoms with Crippen LogP contribution in [-0.4, -0.2) is 15.5 Å². The van der Waals surface area contributed by atoms with Gasteiger partial charge in [-0.25, -0.2) is 4.98 Å². The Morgan fingerprint density at radius 3 is 2.76 bits per heavy atom. The van der Waals surface area contributed by atoms with Gasteiger partial charge in [0.25, 0.3) is 5.91 Å². The number of nitriles is 1. The van der Waals surface area contributed by atoms with Crippen LogP contribution in [0.3, 0.4) is 0 Å². The average molecular weight is 280 g/mol. The molecule has 1 aromatic heterocycles. The van der Waals surface area contributed by atoms with Gasteiger partial charge in [-0.05, 0) is 31.6 Å². The van der Waals surface area contributed by atoms with E-state index in [1.54, 1.807) is 17.1 Å². The van der Waals surface area contributed by atoms with E-state index in [0.29, 0.717) is 11.4 Å². The van der Waals surface area contributed by atoms with Gasteiger partial charge in [-0.1, -0.05) is 17.7 Å². The number of benzene rings is 1. The number of rotatable bonds is 3. The normalized spacial score (nSPS) is 11.0. The number of anilines is 1. The van der Waals surface area contributed by atoms with Gasteiger partial charge in [-0.3, -0.25) is 4.79 Å². The lowest BCUT2D eigenvalue weighted by atomic mass is 10.1. The Kier molecular flexibility index (Phi) is 4.19. The van der Waals surface area contributed by atoms with Gasteiger partial charge in [0.2, 0.25) is 0 Å². The van der Waals surface area contributed by atoms with Crippen molar-refractivity contribution in [1.29, 1.82) is 5.26 Å². The number of carbonyl (C=O) groups excluding carboxylic acids is 1. The molecule has 21 heavy (non-hydrogen) atoms. The van der Waals surface area contributed by atoms with Crippen LogP contribution in [0, 0.1) is 25.2 Å². The van der Waals surface area contributed by atoms with Crippen LogP contribution in [0.1, 0.15) is 16.8 Å². The van der Waals surface area contributed by atoms with Gasteiger partial charge < -0.3 is 9.88 Å². The number of amides is 1. The van der Waals surface area contributed by atoms with Gasteiger partial charge in [0.1, 0.15) is 11.6 Å². The fourth-order valence-corrected chi connectivity index (χ4v) is 1.95. The van der Waals surface area contributed by atoms with Gasteiger partial charge in [-0.15, -0.1) is 0 Å². The third-order valence-electron chi connectivity index (χ3n) is 3.01. The summed E-state index contributed by atoms with van der Waals surface area (Å²) in [7, 11) is 1.83. The van der Waals surface area contributed by atoms with E-state index in [1.165, 1.54) is 6.08 Å². The second-order valence-electron chi connectivity index (χ2n) is 4.91. The van der Waals surface area contributed by atoms with Crippen LogP contribution < -0.4 is 5.32 Å². The third kappa shape index (κ3) is 3.57. The summed E-state index contributed by atoms with van der Waals surface area (Å²) >= 11 is 0. The summed E-state index contributed by atoms with van der Waals surface area (Å²) in [4.78, 5) is 16.2. The van der Waals surface area contributed by atoms with E-state index in [0.717, 1.165) is 11.1 Å². The number of nitrogens with one attached hydrogen (secondary N) is 1. The molecule has 0 atom stereocenters. The number of aromatic nitrogens is 2. The third-order valence-corrected chi connectivity index (χ3v) is 3.01. The predicted octanol–water partition coefficient (Wildman–Crippen LogP) is 2.58. The van der Waals surface area contributed by atoms with Crippen LogP contribution >= 0.6 is 0 Å². The second kappa shape index (κ2) is 6.06. The first kappa shape index (κ1) is 14.5. The Balaban J connectivity index is 2.21. The molecule has 0 aliphatic carbocycles. The minimum Gasteiger partial charge on any atom is -0.340 e. The van der Waals surface area contributed by atoms with Gasteiger partial charge in [0, 0.05) is 18.9 Å². The fraction of sp³-hybridized carbons (Fsp3) is 0.188. The maximum atomic E-state index is 12.2. The molecule has 1 N–H and O–H groups in total. The lowest BCUT2D eigenvalue weighted by Crippen LogP contribution is -2.14. The molecular weight excluding hydrogens is 264 g/mol. The van der Waals surface area contributed by atoms with Gasteiger partial charge in [-0.2, -0.15) is 5.26 Å². The predicted molar refractivity (Wildman–Crippen MR) is 81.3 cm³/mol. The molecule has 0 bridgehead atoms. The number of aryl methyl sites for hydroxylation is 3. The number of carbonyl (C=O) groups is 1. The van der Waals surface area contributed by atoms with Crippen molar-refractivity contribution >= 4 is 17.7 Å². The first-order valence-electron chi connectivity index (χ1n) is 6.48. The van der Waals surface area contributed by atoms with Crippen LogP contribution in [0.15, 0.2) is 36.3 Å². The summed E-state index contributed by atoms with van der Waals surface area (Å²) in [6.45, 7) is 3.90. The van der Waals surface area contributed by atoms with Crippen molar-refractivity contribution in [3.63, 3.8) is 0 Å². The maximum Gasteiger partial charge on any atom is 0.266 e. The monoisotopic (exact) mass is 280 g/mol. The molecule has 0 unspecified atom stereocenters. The topological polar surface area (TPSA) is 70.7 Å². The number of hydrogen-bond acceptors (Lipinski definition) is 3. The van der Waals surface area contributed by atoms with Crippen LogP contribution in [0.25, 0.3) is 6.08 Å². The molecule has 0 saturated heterocycles. The highest BCUT2D eigenvalue weighted by atomic mass is 16.1. The van der Waals surface area contributed by atoms with Crippen molar-refractivity contribution in [2.24, 2.45) is 7.05 Å². The minimum absolute atomic E-state index is 0.0219. The van der Waals surface area contributed by atoms with Gasteiger partial charge in [0.05, 0.1) is 12.0 Å². The fourth-order valence-electron chi connectivity index (χ4n) is 1.95. The number of hydrogen-bond donors (Lipinski definition) is 1. The Labute approximate surface area is 123 Å². The van der Waals surface area contributed by atoms with Crippen molar-refractivity contribution in [1.82, 2.24) is 9.55 Å². The highest BCUT2D eigenvalue weighted by Gasteiger charge is 2.11. The van der Waals surface area contributed by atoms with Crippen molar-refractivity contribution < 1.29 is 4.79 Å². The molecule has 5 nitrogen and oxygen atoms in total. The Bertz CT molecular complexity index is 750. The van der Waals surface area contributed by atoms with Crippen molar-refractivity contribution in [3.8, 4) is 6.07 Å². The first-order valence-corrected chi connectivity index (χ1v) is 6.48. The molecule has 0 radical (unpaired) electrons. The summed E-state index contributed by atoms with van der Waals surface area (Å²) in [6.07, 6.45) is 4.82. The molecule has 2 rings (SSSR count). The molecule has 0 aliphatic rings. The van der Waals surface area contributed by atoms with E-state index < -0.39 is 5.91 Å². The van der Waals surface area contributed by atoms with Crippen molar-refractivity contribution in [2.75, 3.05) is 5.32 Å². The lowest BCUT2D eigenvalue weighted by Gasteiger charge is -2.08. The zero-order valence-corrected chi connectivity index (χ0v) is 12.2. The standard InChI is InChI=1S/C16H16N4O/c1-11-4-5-15(12(2)6-11)19-16(21)13(8-17)7-14-9-20(3)10-18-14/h4-7,9-10H,1-3H3,(H,19,21)/b13-7-. The van der Waals surface area contributed by atoms with Crippen molar-refractivity contribution in [3.05, 3.63) is 53.1 Å². The maximum absolute atomic E-state index is 12.2. The zero-order chi connectivity index (χ0) is 15.4. The molecule has 1 amide bonds. The summed E-state index contributed by atoms with van der Waals surface area (Å²) in [5, 5.41) is 11.9. The summed E-state index contributed by atoms with van der Waals surface area (Å²) in [5.41, 5.74) is 3.37. The quantitative estimate of drug-likeness (QED) is 0.694. The lowest BCUT2D eigenvalue weighted by molar-refractivity contribution is -0.112. The van der Waals surface area contributed by atoms with Crippen molar-refractivity contribution in [2.45, 2.75) is 13.8 Å². The summed E-state index contributed by atoms with van der Waals surface area (Å²) < 4.78 is 1.75. The molecule has 106 valence electrons.